The summed E-state index contributed by atoms with van der Waals surface area (Å²) in [6.45, 7) is 0.489. The number of aliphatic hydroxyl groups is 2. The molecule has 9 nitrogen and oxygen atoms in total. The molecule has 2 aromatic heterocycles. The van der Waals surface area contributed by atoms with Gasteiger partial charge in [-0.25, -0.2) is 9.97 Å². The summed E-state index contributed by atoms with van der Waals surface area (Å²) in [5.41, 5.74) is 1.03. The van der Waals surface area contributed by atoms with E-state index in [0.29, 0.717) is 6.61 Å². The van der Waals surface area contributed by atoms with Crippen LogP contribution in [0.5, 0.6) is 0 Å². The van der Waals surface area contributed by atoms with E-state index in [9.17, 15) is 15.0 Å². The normalized spacial score (nSPS) is 25.8. The Morgan fingerprint density at radius 1 is 1.19 bits per heavy atom. The third-order valence-electron chi connectivity index (χ3n) is 4.37. The lowest BCUT2D eigenvalue weighted by Crippen LogP contribution is -2.33. The summed E-state index contributed by atoms with van der Waals surface area (Å²) < 4.78 is 12.8. The molecule has 0 saturated carbocycles. The van der Waals surface area contributed by atoms with Crippen molar-refractivity contribution in [3.63, 3.8) is 0 Å². The maximum atomic E-state index is 11.7. The van der Waals surface area contributed by atoms with Crippen LogP contribution in [-0.4, -0.2) is 54.7 Å². The molecule has 0 spiro atoms. The van der Waals surface area contributed by atoms with Crippen LogP contribution in [0, 0.1) is 0 Å². The van der Waals surface area contributed by atoms with Gasteiger partial charge in [0.1, 0.15) is 18.3 Å². The van der Waals surface area contributed by atoms with E-state index in [1.54, 1.807) is 0 Å². The second-order valence-corrected chi connectivity index (χ2v) is 6.10. The van der Waals surface area contributed by atoms with Crippen LogP contribution in [0.1, 0.15) is 11.8 Å². The monoisotopic (exact) mass is 358 g/mol. The van der Waals surface area contributed by atoms with Gasteiger partial charge in [0, 0.05) is 0 Å². The standard InChI is InChI=1S/C17H18N4O5/c22-13-11(7-25-6-10-4-2-1-3-5-10)26-17(14(13)23)21-9-20-12-15(21)18-8-19-16(12)24/h1-5,8-9,11,13-14,17,22-23H,6-7H2,(H,18,19,24)/t11-,13-,14-,17-/m1/s1. The van der Waals surface area contributed by atoms with Crippen molar-refractivity contribution in [3.8, 4) is 0 Å². The molecule has 0 amide bonds. The predicted molar refractivity (Wildman–Crippen MR) is 90.2 cm³/mol. The van der Waals surface area contributed by atoms with Crippen LogP contribution < -0.4 is 5.56 Å². The molecule has 0 radical (unpaired) electrons. The van der Waals surface area contributed by atoms with Gasteiger partial charge >= 0.3 is 0 Å². The maximum Gasteiger partial charge on any atom is 0.278 e. The topological polar surface area (TPSA) is 122 Å². The summed E-state index contributed by atoms with van der Waals surface area (Å²) in [5, 5.41) is 20.6. The number of nitrogens with zero attached hydrogens (tertiary/aromatic N) is 3. The largest absolute Gasteiger partial charge is 0.387 e. The Morgan fingerprint density at radius 2 is 2.00 bits per heavy atom. The van der Waals surface area contributed by atoms with E-state index < -0.39 is 24.5 Å². The first-order valence-electron chi connectivity index (χ1n) is 8.18. The van der Waals surface area contributed by atoms with Crippen LogP contribution in [0.3, 0.4) is 0 Å². The number of aromatic nitrogens is 4. The minimum absolute atomic E-state index is 0.115. The molecule has 1 aromatic carbocycles. The van der Waals surface area contributed by atoms with Gasteiger partial charge in [0.05, 0.1) is 25.9 Å². The molecule has 0 unspecified atom stereocenters. The van der Waals surface area contributed by atoms with Gasteiger partial charge in [-0.3, -0.25) is 9.36 Å². The summed E-state index contributed by atoms with van der Waals surface area (Å²) in [5.74, 6) is 0. The van der Waals surface area contributed by atoms with Crippen LogP contribution in [0.4, 0.5) is 0 Å². The Labute approximate surface area is 147 Å². The van der Waals surface area contributed by atoms with E-state index in [4.69, 9.17) is 9.47 Å². The highest BCUT2D eigenvalue weighted by atomic mass is 16.6. The van der Waals surface area contributed by atoms with Gasteiger partial charge in [-0.2, -0.15) is 0 Å². The zero-order valence-electron chi connectivity index (χ0n) is 13.7. The van der Waals surface area contributed by atoms with Crippen LogP contribution in [-0.2, 0) is 16.1 Å². The molecule has 26 heavy (non-hydrogen) atoms. The first-order chi connectivity index (χ1) is 12.6. The quantitative estimate of drug-likeness (QED) is 0.585. The molecule has 4 rings (SSSR count). The van der Waals surface area contributed by atoms with Gasteiger partial charge in [0.2, 0.25) is 0 Å². The van der Waals surface area contributed by atoms with Crippen molar-refractivity contribution < 1.29 is 19.7 Å². The van der Waals surface area contributed by atoms with Crippen LogP contribution in [0.25, 0.3) is 11.2 Å². The summed E-state index contributed by atoms with van der Waals surface area (Å²) in [7, 11) is 0. The van der Waals surface area contributed by atoms with Gasteiger partial charge in [-0.1, -0.05) is 30.3 Å². The second kappa shape index (κ2) is 6.96. The molecule has 1 aliphatic heterocycles. The Kier molecular flexibility index (Phi) is 4.51. The minimum Gasteiger partial charge on any atom is -0.387 e. The van der Waals surface area contributed by atoms with E-state index in [1.807, 2.05) is 30.3 Å². The molecule has 1 fully saturated rings. The molecule has 3 aromatic rings. The van der Waals surface area contributed by atoms with Crippen molar-refractivity contribution >= 4 is 11.2 Å². The van der Waals surface area contributed by atoms with Gasteiger partial charge in [-0.05, 0) is 5.56 Å². The van der Waals surface area contributed by atoms with E-state index in [2.05, 4.69) is 15.0 Å². The Morgan fingerprint density at radius 3 is 2.81 bits per heavy atom. The number of aliphatic hydroxyl groups excluding tert-OH is 2. The predicted octanol–water partition coefficient (Wildman–Crippen LogP) is -0.0444. The fraction of sp³-hybridized carbons (Fsp3) is 0.353. The molecular formula is C17H18N4O5. The summed E-state index contributed by atoms with van der Waals surface area (Å²) in [4.78, 5) is 22.3. The number of hydrogen-bond donors (Lipinski definition) is 3. The lowest BCUT2D eigenvalue weighted by Gasteiger charge is -2.16. The number of rotatable bonds is 5. The highest BCUT2D eigenvalue weighted by Crippen LogP contribution is 2.31. The van der Waals surface area contributed by atoms with Crippen molar-refractivity contribution in [2.75, 3.05) is 6.61 Å². The molecule has 3 heterocycles. The Bertz CT molecular complexity index is 941. The maximum absolute atomic E-state index is 11.7. The first kappa shape index (κ1) is 16.9. The number of hydrogen-bond acceptors (Lipinski definition) is 7. The second-order valence-electron chi connectivity index (χ2n) is 6.10. The summed E-state index contributed by atoms with van der Waals surface area (Å²) in [6.07, 6.45) is -1.33. The highest BCUT2D eigenvalue weighted by Gasteiger charge is 2.44. The smallest absolute Gasteiger partial charge is 0.278 e. The minimum atomic E-state index is -1.20. The lowest BCUT2D eigenvalue weighted by atomic mass is 10.1. The third-order valence-corrected chi connectivity index (χ3v) is 4.37. The van der Waals surface area contributed by atoms with E-state index >= 15 is 0 Å². The zero-order valence-corrected chi connectivity index (χ0v) is 13.7. The number of benzene rings is 1. The van der Waals surface area contributed by atoms with Gasteiger partial charge in [0.25, 0.3) is 5.56 Å². The average molecular weight is 358 g/mol. The van der Waals surface area contributed by atoms with Gasteiger partial charge in [0.15, 0.2) is 17.4 Å². The SMILES string of the molecule is O=c1[nH]cnc2c1ncn2[C@@H]1O[C@H](COCc2ccccc2)[C@@H](O)[C@H]1O. The molecule has 0 bridgehead atoms. The van der Waals surface area contributed by atoms with Crippen LogP contribution >= 0.6 is 0 Å². The molecular weight excluding hydrogens is 340 g/mol. The van der Waals surface area contributed by atoms with Gasteiger partial charge < -0.3 is 24.7 Å². The van der Waals surface area contributed by atoms with Crippen molar-refractivity contribution in [3.05, 3.63) is 58.9 Å². The first-order valence-corrected chi connectivity index (χ1v) is 8.18. The van der Waals surface area contributed by atoms with Crippen molar-refractivity contribution in [1.29, 1.82) is 0 Å². The van der Waals surface area contributed by atoms with Gasteiger partial charge in [-0.15, -0.1) is 0 Å². The number of H-pyrrole nitrogens is 1. The summed E-state index contributed by atoms with van der Waals surface area (Å²) >= 11 is 0. The fourth-order valence-electron chi connectivity index (χ4n) is 3.01. The fourth-order valence-corrected chi connectivity index (χ4v) is 3.01. The Hall–Kier alpha value is -2.59. The summed E-state index contributed by atoms with van der Waals surface area (Å²) in [6, 6.07) is 9.62. The highest BCUT2D eigenvalue weighted by molar-refractivity contribution is 5.68. The van der Waals surface area contributed by atoms with Crippen molar-refractivity contribution in [2.24, 2.45) is 0 Å². The van der Waals surface area contributed by atoms with Crippen molar-refractivity contribution in [1.82, 2.24) is 19.5 Å². The molecule has 1 saturated heterocycles. The lowest BCUT2D eigenvalue weighted by molar-refractivity contribution is -0.0682. The zero-order chi connectivity index (χ0) is 18.1. The number of nitrogens with one attached hydrogen (secondary N) is 1. The number of imidazole rings is 1. The molecule has 9 heteroatoms. The average Bonchev–Trinajstić information content (AvgIpc) is 3.20. The van der Waals surface area contributed by atoms with Crippen molar-refractivity contribution in [2.45, 2.75) is 31.1 Å². The van der Waals surface area contributed by atoms with E-state index in [1.165, 1.54) is 17.2 Å². The third kappa shape index (κ3) is 3.01. The van der Waals surface area contributed by atoms with E-state index in [0.717, 1.165) is 5.56 Å². The molecule has 0 aliphatic carbocycles. The molecule has 136 valence electrons. The Balaban J connectivity index is 1.47. The van der Waals surface area contributed by atoms with Crippen LogP contribution in [0.15, 0.2) is 47.8 Å². The number of fused-ring (bicyclic) bond motifs is 1. The molecule has 4 atom stereocenters. The molecule has 1 aliphatic rings. The number of ether oxygens (including phenoxy) is 2. The molecule has 3 N–H and O–H groups in total. The van der Waals surface area contributed by atoms with Crippen LogP contribution in [0.2, 0.25) is 0 Å². The number of aromatic amines is 1. The van der Waals surface area contributed by atoms with E-state index in [-0.39, 0.29) is 23.3 Å².